The van der Waals surface area contributed by atoms with Crippen LogP contribution in [-0.2, 0) is 4.79 Å². The first kappa shape index (κ1) is 15.0. The van der Waals surface area contributed by atoms with Crippen molar-refractivity contribution >= 4 is 17.4 Å². The number of rotatable bonds is 2. The van der Waals surface area contributed by atoms with E-state index in [9.17, 15) is 4.79 Å². The van der Waals surface area contributed by atoms with Crippen LogP contribution in [0, 0.1) is 5.41 Å². The maximum Gasteiger partial charge on any atom is 0.256 e. The molecule has 116 valence electrons. The quantitative estimate of drug-likeness (QED) is 0.794. The lowest BCUT2D eigenvalue weighted by Gasteiger charge is -2.26. The second kappa shape index (κ2) is 5.08. The van der Waals surface area contributed by atoms with E-state index in [1.54, 1.807) is 0 Å². The minimum atomic E-state index is -0.170. The molecule has 0 radical (unpaired) electrons. The van der Waals surface area contributed by atoms with E-state index < -0.39 is 0 Å². The van der Waals surface area contributed by atoms with Crippen molar-refractivity contribution in [3.63, 3.8) is 0 Å². The second-order valence-corrected chi connectivity index (χ2v) is 7.21. The summed E-state index contributed by atoms with van der Waals surface area (Å²) in [5, 5.41) is 0. The van der Waals surface area contributed by atoms with Crippen LogP contribution in [-0.4, -0.2) is 23.2 Å². The average molecular weight is 296 g/mol. The van der Waals surface area contributed by atoms with Gasteiger partial charge in [-0.3, -0.25) is 9.69 Å². The lowest BCUT2D eigenvalue weighted by molar-refractivity contribution is -0.123. The van der Waals surface area contributed by atoms with Gasteiger partial charge in [-0.05, 0) is 23.5 Å². The maximum atomic E-state index is 13.0. The minimum absolute atomic E-state index is 0.141. The fourth-order valence-electron chi connectivity index (χ4n) is 3.52. The summed E-state index contributed by atoms with van der Waals surface area (Å²) in [6.07, 6.45) is 0.936. The van der Waals surface area contributed by atoms with Crippen LogP contribution in [0.3, 0.4) is 0 Å². The summed E-state index contributed by atoms with van der Waals surface area (Å²) in [7, 11) is 0. The minimum Gasteiger partial charge on any atom is -0.293 e. The third-order valence-corrected chi connectivity index (χ3v) is 4.48. The lowest BCUT2D eigenvalue weighted by Crippen LogP contribution is -2.34. The zero-order valence-electron chi connectivity index (χ0n) is 14.1. The topological polar surface area (TPSA) is 32.7 Å². The van der Waals surface area contributed by atoms with Crippen LogP contribution in [0.5, 0.6) is 0 Å². The highest BCUT2D eigenvalue weighted by Gasteiger charge is 2.44. The molecule has 3 heteroatoms. The summed E-state index contributed by atoms with van der Waals surface area (Å²) >= 11 is 0. The van der Waals surface area contributed by atoms with E-state index in [2.05, 4.69) is 40.7 Å². The molecule has 1 aromatic rings. The van der Waals surface area contributed by atoms with Crippen molar-refractivity contribution in [3.8, 4) is 0 Å². The first-order valence-corrected chi connectivity index (χ1v) is 8.10. The standard InChI is InChI=1S/C19H24N2O/c1-6-11-21-17-15(16(18(21)22)19(3,4)5)12(2)13-9-7-8-10-14(13)20-17/h7-10,12H,6,11H2,1-5H3. The SMILES string of the molecule is CCCN1C(=O)C(C(C)(C)C)=C2C1=Nc1ccccc1C2C. The van der Waals surface area contributed by atoms with Gasteiger partial charge in [0.25, 0.3) is 5.91 Å². The third-order valence-electron chi connectivity index (χ3n) is 4.48. The van der Waals surface area contributed by atoms with Crippen LogP contribution < -0.4 is 0 Å². The summed E-state index contributed by atoms with van der Waals surface area (Å²) in [5.41, 5.74) is 4.11. The first-order chi connectivity index (χ1) is 10.4. The molecule has 3 rings (SSSR count). The van der Waals surface area contributed by atoms with E-state index in [1.807, 2.05) is 23.1 Å². The highest BCUT2D eigenvalue weighted by atomic mass is 16.2. The van der Waals surface area contributed by atoms with Crippen molar-refractivity contribution in [1.29, 1.82) is 0 Å². The van der Waals surface area contributed by atoms with E-state index in [1.165, 1.54) is 5.56 Å². The van der Waals surface area contributed by atoms with Gasteiger partial charge in [-0.2, -0.15) is 0 Å². The van der Waals surface area contributed by atoms with Crippen molar-refractivity contribution < 1.29 is 4.79 Å². The van der Waals surface area contributed by atoms with Crippen LogP contribution in [0.15, 0.2) is 40.4 Å². The van der Waals surface area contributed by atoms with E-state index in [0.29, 0.717) is 0 Å². The molecule has 0 fully saturated rings. The van der Waals surface area contributed by atoms with Crippen molar-refractivity contribution in [2.24, 2.45) is 10.4 Å². The molecule has 1 aromatic carbocycles. The second-order valence-electron chi connectivity index (χ2n) is 7.21. The summed E-state index contributed by atoms with van der Waals surface area (Å²) in [5.74, 6) is 1.23. The van der Waals surface area contributed by atoms with Gasteiger partial charge < -0.3 is 0 Å². The van der Waals surface area contributed by atoms with Gasteiger partial charge in [0, 0.05) is 23.6 Å². The number of carbonyl (C=O) groups excluding carboxylic acids is 1. The molecule has 0 saturated heterocycles. The molecule has 0 saturated carbocycles. The Morgan fingerprint density at radius 3 is 2.55 bits per heavy atom. The van der Waals surface area contributed by atoms with Gasteiger partial charge in [0.1, 0.15) is 5.84 Å². The molecule has 2 aliphatic rings. The predicted molar refractivity (Wildman–Crippen MR) is 90.4 cm³/mol. The Bertz CT molecular complexity index is 692. The number of hydrogen-bond donors (Lipinski definition) is 0. The molecule has 1 amide bonds. The molecule has 0 aliphatic carbocycles. The Balaban J connectivity index is 2.25. The summed E-state index contributed by atoms with van der Waals surface area (Å²) in [6.45, 7) is 11.4. The molecule has 2 aliphatic heterocycles. The Morgan fingerprint density at radius 1 is 1.23 bits per heavy atom. The Labute approximate surface area is 132 Å². The molecule has 0 spiro atoms. The monoisotopic (exact) mass is 296 g/mol. The zero-order chi connectivity index (χ0) is 16.1. The summed E-state index contributed by atoms with van der Waals surface area (Å²) < 4.78 is 0. The van der Waals surface area contributed by atoms with Crippen molar-refractivity contribution in [2.75, 3.05) is 6.54 Å². The van der Waals surface area contributed by atoms with Gasteiger partial charge in [-0.1, -0.05) is 52.8 Å². The van der Waals surface area contributed by atoms with Crippen LogP contribution in [0.4, 0.5) is 5.69 Å². The fraction of sp³-hybridized carbons (Fsp3) is 0.474. The van der Waals surface area contributed by atoms with E-state index in [0.717, 1.165) is 35.6 Å². The van der Waals surface area contributed by atoms with Crippen molar-refractivity contribution in [1.82, 2.24) is 4.90 Å². The zero-order valence-corrected chi connectivity index (χ0v) is 14.1. The molecule has 0 aromatic heterocycles. The molecular formula is C19H24N2O. The highest BCUT2D eigenvalue weighted by molar-refractivity contribution is 6.23. The van der Waals surface area contributed by atoms with E-state index >= 15 is 0 Å². The van der Waals surface area contributed by atoms with Crippen LogP contribution in [0.25, 0.3) is 0 Å². The Hall–Kier alpha value is -1.90. The first-order valence-electron chi connectivity index (χ1n) is 8.10. The van der Waals surface area contributed by atoms with Crippen molar-refractivity contribution in [2.45, 2.75) is 47.0 Å². The number of hydrogen-bond acceptors (Lipinski definition) is 2. The molecule has 22 heavy (non-hydrogen) atoms. The van der Waals surface area contributed by atoms with Gasteiger partial charge in [-0.15, -0.1) is 0 Å². The lowest BCUT2D eigenvalue weighted by atomic mass is 9.78. The third kappa shape index (κ3) is 2.11. The number of benzene rings is 1. The number of nitrogens with zero attached hydrogens (tertiary/aromatic N) is 2. The fourth-order valence-corrected chi connectivity index (χ4v) is 3.52. The number of para-hydroxylation sites is 1. The van der Waals surface area contributed by atoms with E-state index in [4.69, 9.17) is 4.99 Å². The molecule has 0 N–H and O–H groups in total. The molecule has 0 bridgehead atoms. The van der Waals surface area contributed by atoms with Crippen LogP contribution in [0.1, 0.15) is 52.5 Å². The molecule has 2 heterocycles. The summed E-state index contributed by atoms with van der Waals surface area (Å²) in [4.78, 5) is 19.7. The highest BCUT2D eigenvalue weighted by Crippen LogP contribution is 2.46. The number of carbonyl (C=O) groups is 1. The number of amides is 1. The molecular weight excluding hydrogens is 272 g/mol. The van der Waals surface area contributed by atoms with Gasteiger partial charge in [0.2, 0.25) is 0 Å². The van der Waals surface area contributed by atoms with Gasteiger partial charge in [-0.25, -0.2) is 4.99 Å². The molecule has 3 nitrogen and oxygen atoms in total. The number of fused-ring (bicyclic) bond motifs is 2. The molecule has 1 atom stereocenters. The van der Waals surface area contributed by atoms with Crippen molar-refractivity contribution in [3.05, 3.63) is 41.0 Å². The van der Waals surface area contributed by atoms with Crippen LogP contribution >= 0.6 is 0 Å². The maximum absolute atomic E-state index is 13.0. The Morgan fingerprint density at radius 2 is 1.91 bits per heavy atom. The molecule has 1 unspecified atom stereocenters. The summed E-state index contributed by atoms with van der Waals surface area (Å²) in [6, 6.07) is 8.23. The van der Waals surface area contributed by atoms with Crippen LogP contribution in [0.2, 0.25) is 0 Å². The predicted octanol–water partition coefficient (Wildman–Crippen LogP) is 4.43. The smallest absolute Gasteiger partial charge is 0.256 e. The van der Waals surface area contributed by atoms with Gasteiger partial charge in [0.05, 0.1) is 5.69 Å². The normalized spacial score (nSPS) is 21.0. The number of aliphatic imine (C=N–C) groups is 1. The van der Waals surface area contributed by atoms with Gasteiger partial charge in [0.15, 0.2) is 0 Å². The average Bonchev–Trinajstić information content (AvgIpc) is 2.73. The number of amidine groups is 1. The Kier molecular flexibility index (Phi) is 3.47. The largest absolute Gasteiger partial charge is 0.293 e. The van der Waals surface area contributed by atoms with Gasteiger partial charge >= 0.3 is 0 Å². The van der Waals surface area contributed by atoms with E-state index in [-0.39, 0.29) is 17.2 Å².